The first-order chi connectivity index (χ1) is 9.81. The van der Waals surface area contributed by atoms with Crippen LogP contribution in [0.25, 0.3) is 11.5 Å². The van der Waals surface area contributed by atoms with Crippen LogP contribution in [0.4, 0.5) is 5.69 Å². The van der Waals surface area contributed by atoms with Crippen LogP contribution in [0.2, 0.25) is 0 Å². The predicted octanol–water partition coefficient (Wildman–Crippen LogP) is 2.18. The van der Waals surface area contributed by atoms with Crippen LogP contribution in [0, 0.1) is 6.92 Å². The molecular weight excluding hydrogens is 252 g/mol. The number of aryl methyl sites for hydroxylation is 1. The highest BCUT2D eigenvalue weighted by Gasteiger charge is 2.06. The molecule has 0 aliphatic rings. The number of rotatable bonds is 4. The minimum Gasteiger partial charge on any atom is -0.378 e. The summed E-state index contributed by atoms with van der Waals surface area (Å²) in [6, 6.07) is 8.20. The van der Waals surface area contributed by atoms with Crippen LogP contribution in [-0.4, -0.2) is 25.1 Å². The number of aromatic amines is 1. The van der Waals surface area contributed by atoms with Gasteiger partial charge in [-0.25, -0.2) is 9.97 Å². The van der Waals surface area contributed by atoms with Crippen LogP contribution in [0.15, 0.2) is 42.9 Å². The molecule has 0 spiro atoms. The SMILES string of the molecule is Cc1ccc(NCc2nc(-c3cnccn3)n[nH]2)cc1. The van der Waals surface area contributed by atoms with Crippen molar-refractivity contribution in [1.29, 1.82) is 0 Å². The molecule has 0 fully saturated rings. The molecule has 1 aromatic carbocycles. The highest BCUT2D eigenvalue weighted by molar-refractivity contribution is 5.47. The van der Waals surface area contributed by atoms with E-state index >= 15 is 0 Å². The molecule has 3 aromatic rings. The minimum absolute atomic E-state index is 0.554. The Kier molecular flexibility index (Phi) is 3.36. The van der Waals surface area contributed by atoms with Gasteiger partial charge in [-0.15, -0.1) is 0 Å². The second kappa shape index (κ2) is 5.48. The molecule has 0 atom stereocenters. The van der Waals surface area contributed by atoms with Gasteiger partial charge in [0.05, 0.1) is 12.7 Å². The van der Waals surface area contributed by atoms with Crippen molar-refractivity contribution in [2.45, 2.75) is 13.5 Å². The van der Waals surface area contributed by atoms with Gasteiger partial charge in [-0.05, 0) is 19.1 Å². The lowest BCUT2D eigenvalue weighted by Gasteiger charge is -2.03. The molecule has 2 aromatic heterocycles. The molecule has 0 bridgehead atoms. The summed E-state index contributed by atoms with van der Waals surface area (Å²) in [5, 5.41) is 10.3. The Labute approximate surface area is 116 Å². The van der Waals surface area contributed by atoms with Crippen LogP contribution < -0.4 is 5.32 Å². The Balaban J connectivity index is 1.67. The summed E-state index contributed by atoms with van der Waals surface area (Å²) in [5.41, 5.74) is 2.94. The average molecular weight is 266 g/mol. The maximum absolute atomic E-state index is 4.38. The van der Waals surface area contributed by atoms with E-state index in [0.717, 1.165) is 11.5 Å². The first kappa shape index (κ1) is 12.3. The zero-order valence-electron chi connectivity index (χ0n) is 11.0. The maximum Gasteiger partial charge on any atom is 0.201 e. The Bertz CT molecular complexity index is 674. The van der Waals surface area contributed by atoms with Crippen molar-refractivity contribution in [3.8, 4) is 11.5 Å². The molecule has 0 aliphatic heterocycles. The summed E-state index contributed by atoms with van der Waals surface area (Å²) in [7, 11) is 0. The van der Waals surface area contributed by atoms with Gasteiger partial charge >= 0.3 is 0 Å². The number of anilines is 1. The van der Waals surface area contributed by atoms with E-state index in [-0.39, 0.29) is 0 Å². The van der Waals surface area contributed by atoms with Gasteiger partial charge in [0.15, 0.2) is 0 Å². The Morgan fingerprint density at radius 1 is 1.15 bits per heavy atom. The molecule has 0 unspecified atom stereocenters. The van der Waals surface area contributed by atoms with Gasteiger partial charge in [0.2, 0.25) is 5.82 Å². The molecule has 0 aliphatic carbocycles. The molecule has 2 N–H and O–H groups in total. The molecule has 6 nitrogen and oxygen atoms in total. The van der Waals surface area contributed by atoms with Gasteiger partial charge in [0, 0.05) is 18.1 Å². The zero-order valence-corrected chi connectivity index (χ0v) is 11.0. The molecule has 0 amide bonds. The van der Waals surface area contributed by atoms with Gasteiger partial charge < -0.3 is 5.32 Å². The van der Waals surface area contributed by atoms with Gasteiger partial charge in [-0.2, -0.15) is 5.10 Å². The fraction of sp³-hybridized carbons (Fsp3) is 0.143. The summed E-state index contributed by atoms with van der Waals surface area (Å²) in [6.45, 7) is 2.64. The minimum atomic E-state index is 0.554. The fourth-order valence-electron chi connectivity index (χ4n) is 1.76. The van der Waals surface area contributed by atoms with Gasteiger partial charge in [-0.1, -0.05) is 17.7 Å². The van der Waals surface area contributed by atoms with Crippen LogP contribution in [0.5, 0.6) is 0 Å². The monoisotopic (exact) mass is 266 g/mol. The van der Waals surface area contributed by atoms with Crippen LogP contribution in [0.1, 0.15) is 11.4 Å². The van der Waals surface area contributed by atoms with Gasteiger partial charge in [-0.3, -0.25) is 10.1 Å². The molecule has 0 saturated heterocycles. The van der Waals surface area contributed by atoms with Crippen molar-refractivity contribution in [2.75, 3.05) is 5.32 Å². The lowest BCUT2D eigenvalue weighted by Crippen LogP contribution is -2.01. The Morgan fingerprint density at radius 2 is 2.00 bits per heavy atom. The van der Waals surface area contributed by atoms with Crippen molar-refractivity contribution in [2.24, 2.45) is 0 Å². The van der Waals surface area contributed by atoms with E-state index in [1.807, 2.05) is 12.1 Å². The molecule has 6 heteroatoms. The van der Waals surface area contributed by atoms with Crippen LogP contribution >= 0.6 is 0 Å². The summed E-state index contributed by atoms with van der Waals surface area (Å²) >= 11 is 0. The van der Waals surface area contributed by atoms with Gasteiger partial charge in [0.1, 0.15) is 11.5 Å². The van der Waals surface area contributed by atoms with E-state index in [0.29, 0.717) is 18.1 Å². The van der Waals surface area contributed by atoms with E-state index in [9.17, 15) is 0 Å². The normalized spacial score (nSPS) is 10.4. The number of hydrogen-bond acceptors (Lipinski definition) is 5. The van der Waals surface area contributed by atoms with E-state index in [1.165, 1.54) is 5.56 Å². The standard InChI is InChI=1S/C14H14N6/c1-10-2-4-11(5-3-10)17-9-13-18-14(20-19-13)12-8-15-6-7-16-12/h2-8,17H,9H2,1H3,(H,18,19,20). The lowest BCUT2D eigenvalue weighted by molar-refractivity contribution is 0.954. The summed E-state index contributed by atoms with van der Waals surface area (Å²) in [4.78, 5) is 12.5. The largest absolute Gasteiger partial charge is 0.378 e. The molecule has 0 saturated carbocycles. The number of nitrogens with zero attached hydrogens (tertiary/aromatic N) is 4. The summed E-state index contributed by atoms with van der Waals surface area (Å²) < 4.78 is 0. The zero-order chi connectivity index (χ0) is 13.8. The van der Waals surface area contributed by atoms with Crippen molar-refractivity contribution >= 4 is 5.69 Å². The van der Waals surface area contributed by atoms with Gasteiger partial charge in [0.25, 0.3) is 0 Å². The molecule has 100 valence electrons. The van der Waals surface area contributed by atoms with E-state index in [4.69, 9.17) is 0 Å². The smallest absolute Gasteiger partial charge is 0.201 e. The highest BCUT2D eigenvalue weighted by Crippen LogP contribution is 2.11. The van der Waals surface area contributed by atoms with Crippen LogP contribution in [0.3, 0.4) is 0 Å². The third-order valence-corrected chi connectivity index (χ3v) is 2.84. The first-order valence-corrected chi connectivity index (χ1v) is 6.29. The number of aromatic nitrogens is 5. The Morgan fingerprint density at radius 3 is 2.75 bits per heavy atom. The topological polar surface area (TPSA) is 79.4 Å². The summed E-state index contributed by atoms with van der Waals surface area (Å²) in [5.74, 6) is 1.31. The molecule has 20 heavy (non-hydrogen) atoms. The average Bonchev–Trinajstić information content (AvgIpc) is 2.97. The fourth-order valence-corrected chi connectivity index (χ4v) is 1.76. The maximum atomic E-state index is 4.38. The van der Waals surface area contributed by atoms with E-state index < -0.39 is 0 Å². The van der Waals surface area contributed by atoms with Crippen molar-refractivity contribution in [1.82, 2.24) is 25.1 Å². The molecule has 2 heterocycles. The predicted molar refractivity (Wildman–Crippen MR) is 75.9 cm³/mol. The highest BCUT2D eigenvalue weighted by atomic mass is 15.2. The molecule has 0 radical (unpaired) electrons. The first-order valence-electron chi connectivity index (χ1n) is 6.29. The lowest BCUT2D eigenvalue weighted by atomic mass is 10.2. The third-order valence-electron chi connectivity index (χ3n) is 2.84. The number of hydrogen-bond donors (Lipinski definition) is 2. The van der Waals surface area contributed by atoms with Crippen LogP contribution in [-0.2, 0) is 6.54 Å². The quantitative estimate of drug-likeness (QED) is 0.756. The number of benzene rings is 1. The number of H-pyrrole nitrogens is 1. The summed E-state index contributed by atoms with van der Waals surface area (Å²) in [6.07, 6.45) is 4.88. The van der Waals surface area contributed by atoms with E-state index in [2.05, 4.69) is 49.5 Å². The Hall–Kier alpha value is -2.76. The number of nitrogens with one attached hydrogen (secondary N) is 2. The van der Waals surface area contributed by atoms with Crippen molar-refractivity contribution < 1.29 is 0 Å². The molecular formula is C14H14N6. The molecule has 3 rings (SSSR count). The second-order valence-corrected chi connectivity index (χ2v) is 4.42. The van der Waals surface area contributed by atoms with Crippen molar-refractivity contribution in [3.05, 3.63) is 54.2 Å². The third kappa shape index (κ3) is 2.80. The van der Waals surface area contributed by atoms with E-state index in [1.54, 1.807) is 18.6 Å². The van der Waals surface area contributed by atoms with Crippen molar-refractivity contribution in [3.63, 3.8) is 0 Å². The second-order valence-electron chi connectivity index (χ2n) is 4.42.